The molecule has 1 aromatic heterocycles. The summed E-state index contributed by atoms with van der Waals surface area (Å²) in [5, 5.41) is 2.57. The van der Waals surface area contributed by atoms with Crippen LogP contribution in [0.1, 0.15) is 25.8 Å². The summed E-state index contributed by atoms with van der Waals surface area (Å²) in [6.45, 7) is 4.64. The fourth-order valence-electron chi connectivity index (χ4n) is 3.37. The van der Waals surface area contributed by atoms with E-state index >= 15 is 0 Å². The zero-order chi connectivity index (χ0) is 18.0. The second kappa shape index (κ2) is 7.33. The summed E-state index contributed by atoms with van der Waals surface area (Å²) in [4.78, 5) is 4.86. The first-order chi connectivity index (χ1) is 11.9. The van der Waals surface area contributed by atoms with Crippen LogP contribution in [0.2, 0.25) is 17.3 Å². The van der Waals surface area contributed by atoms with Gasteiger partial charge in [0.05, 0.1) is 0 Å². The summed E-state index contributed by atoms with van der Waals surface area (Å²) in [7, 11) is 0. The minimum absolute atomic E-state index is 0.718. The monoisotopic (exact) mass is 393 g/mol. The molecule has 0 saturated carbocycles. The van der Waals surface area contributed by atoms with E-state index in [1.165, 1.54) is 28.3 Å². The SMILES string of the molecule is CCC(C)Cc1cc(-c2ccc3ccccc3c2)nc[c]1[Ge]([CH3])([CH3])[CH3]. The molecule has 3 rings (SSSR count). The molecule has 0 radical (unpaired) electrons. The van der Waals surface area contributed by atoms with E-state index in [0.717, 1.165) is 18.0 Å². The molecule has 1 nitrogen and oxygen atoms in total. The van der Waals surface area contributed by atoms with Crippen molar-refractivity contribution in [1.82, 2.24) is 4.98 Å². The van der Waals surface area contributed by atoms with Crippen LogP contribution in [0.4, 0.5) is 0 Å². The molecule has 1 atom stereocenters. The average molecular weight is 392 g/mol. The number of aromatic nitrogens is 1. The van der Waals surface area contributed by atoms with Gasteiger partial charge in [-0.3, -0.25) is 0 Å². The molecule has 2 aromatic carbocycles. The number of hydrogen-bond acceptors (Lipinski definition) is 1. The van der Waals surface area contributed by atoms with Crippen LogP contribution in [0.5, 0.6) is 0 Å². The van der Waals surface area contributed by atoms with Crippen LogP contribution in [0.25, 0.3) is 22.0 Å². The third kappa shape index (κ3) is 4.15. The van der Waals surface area contributed by atoms with Gasteiger partial charge < -0.3 is 0 Å². The van der Waals surface area contributed by atoms with Crippen LogP contribution in [0.15, 0.2) is 54.7 Å². The molecule has 130 valence electrons. The minimum atomic E-state index is -1.92. The number of hydrogen-bond donors (Lipinski definition) is 0. The molecule has 0 aliphatic carbocycles. The molecule has 0 amide bonds. The van der Waals surface area contributed by atoms with E-state index < -0.39 is 13.3 Å². The Labute approximate surface area is 154 Å². The number of rotatable bonds is 5. The van der Waals surface area contributed by atoms with Crippen LogP contribution in [0, 0.1) is 5.92 Å². The van der Waals surface area contributed by atoms with E-state index in [1.807, 2.05) is 0 Å². The van der Waals surface area contributed by atoms with Crippen molar-refractivity contribution in [2.24, 2.45) is 5.92 Å². The second-order valence-corrected chi connectivity index (χ2v) is 18.8. The number of fused-ring (bicyclic) bond motifs is 1. The fourth-order valence-corrected chi connectivity index (χ4v) is 6.70. The predicted molar refractivity (Wildman–Crippen MR) is 113 cm³/mol. The molecule has 1 heterocycles. The summed E-state index contributed by atoms with van der Waals surface area (Å²) in [6, 6.07) is 17.6. The van der Waals surface area contributed by atoms with Gasteiger partial charge in [0.1, 0.15) is 0 Å². The first-order valence-corrected chi connectivity index (χ1v) is 16.7. The van der Waals surface area contributed by atoms with Gasteiger partial charge in [-0.15, -0.1) is 0 Å². The van der Waals surface area contributed by atoms with Gasteiger partial charge in [0.2, 0.25) is 0 Å². The molecule has 0 saturated heterocycles. The van der Waals surface area contributed by atoms with Gasteiger partial charge in [-0.25, -0.2) is 0 Å². The standard InChI is InChI=1S/C23H29GeN/c1-6-17(2)13-21-15-23(25-16-22(21)24(3,4)5)20-12-11-18-9-7-8-10-19(18)14-20/h7-12,14-17H,6,13H2,1-5H3. The van der Waals surface area contributed by atoms with Gasteiger partial charge in [0.15, 0.2) is 0 Å². The number of pyridine rings is 1. The number of benzene rings is 2. The van der Waals surface area contributed by atoms with Crippen molar-refractivity contribution in [2.45, 2.75) is 44.0 Å². The van der Waals surface area contributed by atoms with Crippen LogP contribution >= 0.6 is 0 Å². The first kappa shape index (κ1) is 18.2. The maximum atomic E-state index is 4.86. The van der Waals surface area contributed by atoms with Crippen molar-refractivity contribution in [3.63, 3.8) is 0 Å². The van der Waals surface area contributed by atoms with Crippen molar-refractivity contribution in [1.29, 1.82) is 0 Å². The molecule has 0 spiro atoms. The molecule has 0 aliphatic rings. The first-order valence-electron chi connectivity index (χ1n) is 9.37. The molecule has 0 N–H and O–H groups in total. The van der Waals surface area contributed by atoms with E-state index in [-0.39, 0.29) is 0 Å². The van der Waals surface area contributed by atoms with Crippen LogP contribution in [0.3, 0.4) is 0 Å². The Hall–Kier alpha value is -1.61. The van der Waals surface area contributed by atoms with Gasteiger partial charge in [-0.1, -0.05) is 0 Å². The molecular formula is C23H29GeN. The van der Waals surface area contributed by atoms with E-state index in [4.69, 9.17) is 4.98 Å². The molecule has 25 heavy (non-hydrogen) atoms. The van der Waals surface area contributed by atoms with E-state index in [1.54, 1.807) is 4.40 Å². The molecule has 0 fully saturated rings. The molecule has 1 unspecified atom stereocenters. The third-order valence-corrected chi connectivity index (χ3v) is 9.44. The zero-order valence-electron chi connectivity index (χ0n) is 16.1. The maximum absolute atomic E-state index is 4.86. The van der Waals surface area contributed by atoms with Crippen molar-refractivity contribution in [2.75, 3.05) is 0 Å². The topological polar surface area (TPSA) is 12.9 Å². The Morgan fingerprint density at radius 3 is 2.36 bits per heavy atom. The Morgan fingerprint density at radius 2 is 1.68 bits per heavy atom. The molecular weight excluding hydrogens is 363 g/mol. The van der Waals surface area contributed by atoms with E-state index in [2.05, 4.69) is 85.8 Å². The van der Waals surface area contributed by atoms with Crippen molar-refractivity contribution >= 4 is 28.4 Å². The van der Waals surface area contributed by atoms with Gasteiger partial charge in [0, 0.05) is 0 Å². The van der Waals surface area contributed by atoms with Crippen LogP contribution in [-0.2, 0) is 6.42 Å². The van der Waals surface area contributed by atoms with E-state index in [0.29, 0.717) is 0 Å². The zero-order valence-corrected chi connectivity index (χ0v) is 18.2. The van der Waals surface area contributed by atoms with Crippen molar-refractivity contribution in [3.05, 3.63) is 60.3 Å². The van der Waals surface area contributed by atoms with Crippen LogP contribution in [-0.4, -0.2) is 18.3 Å². The van der Waals surface area contributed by atoms with E-state index in [9.17, 15) is 0 Å². The molecule has 2 heteroatoms. The Balaban J connectivity index is 2.07. The van der Waals surface area contributed by atoms with Crippen LogP contribution < -0.4 is 4.40 Å². The van der Waals surface area contributed by atoms with Gasteiger partial charge in [-0.2, -0.15) is 0 Å². The van der Waals surface area contributed by atoms with Gasteiger partial charge >= 0.3 is 155 Å². The summed E-state index contributed by atoms with van der Waals surface area (Å²) >= 11 is -1.92. The normalized spacial score (nSPS) is 13.2. The molecule has 0 bridgehead atoms. The quantitative estimate of drug-likeness (QED) is 0.483. The Kier molecular flexibility index (Phi) is 5.33. The molecule has 3 aromatic rings. The van der Waals surface area contributed by atoms with Gasteiger partial charge in [-0.05, 0) is 0 Å². The molecule has 0 aliphatic heterocycles. The Morgan fingerprint density at radius 1 is 0.960 bits per heavy atom. The van der Waals surface area contributed by atoms with Gasteiger partial charge in [0.25, 0.3) is 0 Å². The summed E-state index contributed by atoms with van der Waals surface area (Å²) in [5.74, 6) is 8.11. The van der Waals surface area contributed by atoms with Crippen molar-refractivity contribution in [3.8, 4) is 11.3 Å². The second-order valence-electron chi connectivity index (χ2n) is 8.26. The average Bonchev–Trinajstić information content (AvgIpc) is 2.60. The predicted octanol–water partition coefficient (Wildman–Crippen LogP) is 6.04. The fraction of sp³-hybridized carbons (Fsp3) is 0.348. The number of nitrogens with zero attached hydrogens (tertiary/aromatic N) is 1. The van der Waals surface area contributed by atoms with Crippen molar-refractivity contribution < 1.29 is 0 Å². The summed E-state index contributed by atoms with van der Waals surface area (Å²) in [6.07, 6.45) is 4.57. The summed E-state index contributed by atoms with van der Waals surface area (Å²) in [5.41, 5.74) is 3.86. The third-order valence-electron chi connectivity index (χ3n) is 5.11. The Bertz CT molecular complexity index is 877. The summed E-state index contributed by atoms with van der Waals surface area (Å²) < 4.78 is 1.56.